The number of alkyl halides is 6. The largest absolute Gasteiger partial charge is 0.511 e. The lowest BCUT2D eigenvalue weighted by Gasteiger charge is -2.21. The predicted molar refractivity (Wildman–Crippen MR) is 46.4 cm³/mol. The zero-order valence-electron chi connectivity index (χ0n) is 8.74. The molecule has 0 atom stereocenters. The smallest absolute Gasteiger partial charge is 0.203 e. The second-order valence-corrected chi connectivity index (χ2v) is 6.24. The van der Waals surface area contributed by atoms with Crippen molar-refractivity contribution in [2.24, 2.45) is 0 Å². The van der Waals surface area contributed by atoms with Gasteiger partial charge in [0.25, 0.3) is 0 Å². The number of terminal acetylenes is 1. The summed E-state index contributed by atoms with van der Waals surface area (Å²) in [5.74, 6) is 1.06. The van der Waals surface area contributed by atoms with Crippen LogP contribution in [-0.2, 0) is 20.0 Å². The topological polar surface area (TPSA) is 71.5 Å². The van der Waals surface area contributed by atoms with Gasteiger partial charge in [-0.15, -0.1) is 15.8 Å². The molecule has 0 aromatic rings. The van der Waals surface area contributed by atoms with Crippen molar-refractivity contribution in [1.82, 2.24) is 3.62 Å². The first-order valence-corrected chi connectivity index (χ1v) is 6.25. The van der Waals surface area contributed by atoms with Crippen LogP contribution in [0.5, 0.6) is 0 Å². The van der Waals surface area contributed by atoms with Crippen molar-refractivity contribution < 1.29 is 44.5 Å². The van der Waals surface area contributed by atoms with Gasteiger partial charge in [-0.05, 0) is 0 Å². The first kappa shape index (κ1) is 15.1. The van der Waals surface area contributed by atoms with E-state index in [1.807, 2.05) is 0 Å². The van der Waals surface area contributed by atoms with Crippen molar-refractivity contribution in [1.29, 1.82) is 0 Å². The average Bonchev–Trinajstić information content (AvgIpc) is 2.13. The van der Waals surface area contributed by atoms with Gasteiger partial charge in [0, 0.05) is 0 Å². The molecule has 18 heavy (non-hydrogen) atoms. The van der Waals surface area contributed by atoms with Crippen molar-refractivity contribution in [3.8, 4) is 12.2 Å². The summed E-state index contributed by atoms with van der Waals surface area (Å²) in [7, 11) is -14.5. The standard InChI is InChI=1S/C4HBF6NO4S2/c1-2-5-12(17(13,14)3(6,7)8)18(15,16)4(9,10)11/h1H/i1D. The fourth-order valence-electron chi connectivity index (χ4n) is 0.525. The van der Waals surface area contributed by atoms with Gasteiger partial charge < -0.3 is 0 Å². The van der Waals surface area contributed by atoms with Crippen LogP contribution in [0.1, 0.15) is 1.37 Å². The van der Waals surface area contributed by atoms with Crippen LogP contribution in [0.25, 0.3) is 0 Å². The van der Waals surface area contributed by atoms with Gasteiger partial charge in [-0.1, -0.05) is 0 Å². The van der Waals surface area contributed by atoms with Crippen LogP contribution < -0.4 is 0 Å². The van der Waals surface area contributed by atoms with Crippen LogP contribution in [0, 0.1) is 12.2 Å². The monoisotopic (exact) mass is 317 g/mol. The van der Waals surface area contributed by atoms with E-state index < -0.39 is 42.1 Å². The zero-order chi connectivity index (χ0) is 15.7. The number of rotatable bonds is 3. The summed E-state index contributed by atoms with van der Waals surface area (Å²) in [6, 6.07) is 0. The molecule has 5 nitrogen and oxygen atoms in total. The molecule has 0 unspecified atom stereocenters. The normalized spacial score (nSPS) is 14.7. The van der Waals surface area contributed by atoms with Crippen LogP contribution in [0.4, 0.5) is 26.3 Å². The molecule has 0 saturated carbocycles. The predicted octanol–water partition coefficient (Wildman–Crippen LogP) is 0.198. The lowest BCUT2D eigenvalue weighted by atomic mass is 10.0. The van der Waals surface area contributed by atoms with Gasteiger partial charge in [0.2, 0.25) is 0 Å². The number of sulfonamides is 2. The van der Waals surface area contributed by atoms with E-state index in [-0.39, 0.29) is 0 Å². The van der Waals surface area contributed by atoms with E-state index in [2.05, 4.69) is 0 Å². The molecular formula is C4HBF6NO4S2. The average molecular weight is 317 g/mol. The molecule has 14 heteroatoms. The Kier molecular flexibility index (Phi) is 3.89. The minimum atomic E-state index is -6.87. The van der Waals surface area contributed by atoms with E-state index in [0.717, 1.165) is 12.2 Å². The molecule has 0 spiro atoms. The van der Waals surface area contributed by atoms with Gasteiger partial charge in [-0.3, -0.25) is 0 Å². The van der Waals surface area contributed by atoms with Crippen LogP contribution in [0.2, 0.25) is 0 Å². The van der Waals surface area contributed by atoms with Crippen LogP contribution in [-0.4, -0.2) is 38.9 Å². The first-order valence-electron chi connectivity index (χ1n) is 3.87. The summed E-state index contributed by atoms with van der Waals surface area (Å²) in [6.45, 7) is 0. The Morgan fingerprint density at radius 2 is 1.33 bits per heavy atom. The van der Waals surface area contributed by atoms with Crippen molar-refractivity contribution in [3.05, 3.63) is 0 Å². The van der Waals surface area contributed by atoms with Crippen LogP contribution >= 0.6 is 0 Å². The number of nitrogens with zero attached hydrogens (tertiary/aromatic N) is 1. The Bertz CT molecular complexity index is 554. The van der Waals surface area contributed by atoms with E-state index in [1.165, 1.54) is 0 Å². The number of hydrogen-bond acceptors (Lipinski definition) is 4. The van der Waals surface area contributed by atoms with E-state index >= 15 is 0 Å². The molecule has 0 fully saturated rings. The van der Waals surface area contributed by atoms with E-state index in [9.17, 15) is 43.2 Å². The molecule has 0 N–H and O–H groups in total. The maximum absolute atomic E-state index is 12.1. The third kappa shape index (κ3) is 2.90. The van der Waals surface area contributed by atoms with Gasteiger partial charge >= 0.3 is 38.5 Å². The van der Waals surface area contributed by atoms with Gasteiger partial charge in [-0.2, -0.15) is 26.3 Å². The van der Waals surface area contributed by atoms with Crippen molar-refractivity contribution in [2.45, 2.75) is 11.0 Å². The third-order valence-electron chi connectivity index (χ3n) is 1.23. The highest BCUT2D eigenvalue weighted by molar-refractivity contribution is 8.06. The summed E-state index contributed by atoms with van der Waals surface area (Å²) in [5, 5.41) is 0. The lowest BCUT2D eigenvalue weighted by molar-refractivity contribution is -0.0507. The lowest BCUT2D eigenvalue weighted by Crippen LogP contribution is -2.50. The molecule has 0 heterocycles. The molecule has 0 aromatic heterocycles. The van der Waals surface area contributed by atoms with E-state index in [4.69, 9.17) is 1.37 Å². The second-order valence-electron chi connectivity index (χ2n) is 2.40. The molecule has 0 bridgehead atoms. The molecule has 0 rings (SSSR count). The summed E-state index contributed by atoms with van der Waals surface area (Å²) in [6.07, 6.45) is 0.984. The summed E-state index contributed by atoms with van der Waals surface area (Å²) < 4.78 is 119. The Balaban J connectivity index is 6.09. The van der Waals surface area contributed by atoms with Crippen molar-refractivity contribution in [2.75, 3.05) is 0 Å². The SMILES string of the molecule is [2H]C#C[B]N(S(=O)(=O)C(F)(F)F)S(=O)(=O)C(F)(F)F. The summed E-state index contributed by atoms with van der Waals surface area (Å²) in [5.41, 5.74) is -12.6. The van der Waals surface area contributed by atoms with Gasteiger partial charge in [-0.25, -0.2) is 16.8 Å². The second kappa shape index (κ2) is 4.63. The maximum atomic E-state index is 12.1. The Morgan fingerprint density at radius 1 is 1.00 bits per heavy atom. The molecule has 103 valence electrons. The van der Waals surface area contributed by atoms with Crippen LogP contribution in [0.15, 0.2) is 0 Å². The van der Waals surface area contributed by atoms with Gasteiger partial charge in [0.05, 0.1) is 0 Å². The Labute approximate surface area is 99.5 Å². The fourth-order valence-corrected chi connectivity index (χ4v) is 2.86. The number of hydrogen-bond donors (Lipinski definition) is 0. The Hall–Kier alpha value is -0.935. The zero-order valence-corrected chi connectivity index (χ0v) is 9.37. The maximum Gasteiger partial charge on any atom is 0.511 e. The molecule has 0 saturated heterocycles. The summed E-state index contributed by atoms with van der Waals surface area (Å²) in [4.78, 5) is 0. The minimum absolute atomic E-state index is 0.724. The van der Waals surface area contributed by atoms with Crippen molar-refractivity contribution >= 4 is 27.5 Å². The van der Waals surface area contributed by atoms with Crippen molar-refractivity contribution in [3.63, 3.8) is 0 Å². The molecule has 0 aromatic carbocycles. The highest BCUT2D eigenvalue weighted by atomic mass is 32.3. The highest BCUT2D eigenvalue weighted by Gasteiger charge is 2.61. The molecule has 0 amide bonds. The van der Waals surface area contributed by atoms with E-state index in [1.54, 1.807) is 0 Å². The minimum Gasteiger partial charge on any atom is -0.203 e. The molecule has 0 aliphatic rings. The van der Waals surface area contributed by atoms with Gasteiger partial charge in [0.1, 0.15) is 1.37 Å². The van der Waals surface area contributed by atoms with Crippen LogP contribution in [0.3, 0.4) is 0 Å². The van der Waals surface area contributed by atoms with E-state index in [0.29, 0.717) is 0 Å². The quantitative estimate of drug-likeness (QED) is 0.423. The summed E-state index contributed by atoms with van der Waals surface area (Å²) >= 11 is 0. The molecule has 1 radical (unpaired) electrons. The Morgan fingerprint density at radius 3 is 1.56 bits per heavy atom. The molecular weight excluding hydrogens is 315 g/mol. The molecule has 0 aliphatic heterocycles. The van der Waals surface area contributed by atoms with Gasteiger partial charge in [0.15, 0.2) is 0 Å². The first-order chi connectivity index (χ1) is 8.19. The fraction of sp³-hybridized carbons (Fsp3) is 0.500. The third-order valence-corrected chi connectivity index (χ3v) is 4.73. The molecule has 0 aliphatic carbocycles. The number of halogens is 6. The highest BCUT2D eigenvalue weighted by Crippen LogP contribution is 2.34.